The van der Waals surface area contributed by atoms with E-state index < -0.39 is 0 Å². The van der Waals surface area contributed by atoms with Gasteiger partial charge in [-0.05, 0) is 31.5 Å². The van der Waals surface area contributed by atoms with Crippen molar-refractivity contribution >= 4 is 11.5 Å². The van der Waals surface area contributed by atoms with Crippen molar-refractivity contribution in [2.75, 3.05) is 12.4 Å². The molecule has 0 saturated carbocycles. The normalized spacial score (nSPS) is 10.8. The lowest BCUT2D eigenvalue weighted by atomic mass is 10.2. The van der Waals surface area contributed by atoms with Gasteiger partial charge in [0.15, 0.2) is 5.65 Å². The van der Waals surface area contributed by atoms with Crippen LogP contribution in [-0.4, -0.2) is 21.7 Å². The van der Waals surface area contributed by atoms with Gasteiger partial charge in [0.05, 0.1) is 12.8 Å². The molecule has 0 fully saturated rings. The van der Waals surface area contributed by atoms with Crippen molar-refractivity contribution in [3.05, 3.63) is 53.3 Å². The second-order valence-electron chi connectivity index (χ2n) is 5.04. The number of anilines is 1. The highest BCUT2D eigenvalue weighted by Crippen LogP contribution is 2.16. The van der Waals surface area contributed by atoms with E-state index >= 15 is 0 Å². The molecule has 0 bridgehead atoms. The van der Waals surface area contributed by atoms with Gasteiger partial charge < -0.3 is 10.1 Å². The largest absolute Gasteiger partial charge is 0.497 e. The SMILES string of the molecule is COc1ccc(CNc2cc(C)nc3cc(C)nn23)cc1. The molecular weight excluding hydrogens is 264 g/mol. The summed E-state index contributed by atoms with van der Waals surface area (Å²) in [5.41, 5.74) is 3.98. The second kappa shape index (κ2) is 5.44. The molecule has 0 unspecified atom stereocenters. The zero-order valence-corrected chi connectivity index (χ0v) is 12.4. The number of hydrogen-bond donors (Lipinski definition) is 1. The molecule has 0 saturated heterocycles. The average Bonchev–Trinajstić information content (AvgIpc) is 2.85. The third-order valence-electron chi connectivity index (χ3n) is 3.31. The summed E-state index contributed by atoms with van der Waals surface area (Å²) >= 11 is 0. The van der Waals surface area contributed by atoms with Crippen molar-refractivity contribution in [2.45, 2.75) is 20.4 Å². The van der Waals surface area contributed by atoms with Crippen LogP contribution in [-0.2, 0) is 6.54 Å². The smallest absolute Gasteiger partial charge is 0.157 e. The highest BCUT2D eigenvalue weighted by Gasteiger charge is 2.06. The van der Waals surface area contributed by atoms with Crippen LogP contribution in [0.4, 0.5) is 5.82 Å². The van der Waals surface area contributed by atoms with Gasteiger partial charge in [-0.15, -0.1) is 0 Å². The molecule has 2 aromatic heterocycles. The summed E-state index contributed by atoms with van der Waals surface area (Å²) in [7, 11) is 1.67. The Balaban J connectivity index is 1.83. The molecule has 5 heteroatoms. The number of nitrogens with one attached hydrogen (secondary N) is 1. The maximum absolute atomic E-state index is 5.17. The Morgan fingerprint density at radius 2 is 1.86 bits per heavy atom. The van der Waals surface area contributed by atoms with Crippen molar-refractivity contribution in [1.82, 2.24) is 14.6 Å². The molecule has 1 N–H and O–H groups in total. The highest BCUT2D eigenvalue weighted by atomic mass is 16.5. The van der Waals surface area contributed by atoms with Crippen LogP contribution in [0.25, 0.3) is 5.65 Å². The maximum atomic E-state index is 5.17. The Hall–Kier alpha value is -2.56. The minimum Gasteiger partial charge on any atom is -0.497 e. The summed E-state index contributed by atoms with van der Waals surface area (Å²) in [5, 5.41) is 7.88. The van der Waals surface area contributed by atoms with Crippen LogP contribution in [0.5, 0.6) is 5.75 Å². The van der Waals surface area contributed by atoms with Crippen molar-refractivity contribution in [3.8, 4) is 5.75 Å². The van der Waals surface area contributed by atoms with Gasteiger partial charge in [0, 0.05) is 24.4 Å². The summed E-state index contributed by atoms with van der Waals surface area (Å²) in [6.45, 7) is 4.68. The van der Waals surface area contributed by atoms with Crippen molar-refractivity contribution in [3.63, 3.8) is 0 Å². The molecule has 3 rings (SSSR count). The third-order valence-corrected chi connectivity index (χ3v) is 3.31. The fourth-order valence-electron chi connectivity index (χ4n) is 2.28. The van der Waals surface area contributed by atoms with Crippen LogP contribution in [0.3, 0.4) is 0 Å². The van der Waals surface area contributed by atoms with Gasteiger partial charge in [-0.25, -0.2) is 4.98 Å². The first-order chi connectivity index (χ1) is 10.2. The molecule has 0 aliphatic carbocycles. The van der Waals surface area contributed by atoms with E-state index in [4.69, 9.17) is 4.74 Å². The summed E-state index contributed by atoms with van der Waals surface area (Å²) < 4.78 is 7.00. The van der Waals surface area contributed by atoms with Gasteiger partial charge >= 0.3 is 0 Å². The van der Waals surface area contributed by atoms with Crippen LogP contribution < -0.4 is 10.1 Å². The molecule has 2 heterocycles. The molecular formula is C16H18N4O. The van der Waals surface area contributed by atoms with Crippen LogP contribution in [0.1, 0.15) is 17.0 Å². The third kappa shape index (κ3) is 2.81. The zero-order chi connectivity index (χ0) is 14.8. The Morgan fingerprint density at radius 1 is 1.10 bits per heavy atom. The lowest BCUT2D eigenvalue weighted by Crippen LogP contribution is -2.06. The molecule has 0 aliphatic rings. The van der Waals surface area contributed by atoms with E-state index in [1.807, 2.05) is 54.8 Å². The fraction of sp³-hybridized carbons (Fsp3) is 0.250. The fourth-order valence-corrected chi connectivity index (χ4v) is 2.28. The Kier molecular flexibility index (Phi) is 3.48. The molecule has 21 heavy (non-hydrogen) atoms. The molecule has 108 valence electrons. The van der Waals surface area contributed by atoms with Crippen molar-refractivity contribution < 1.29 is 4.74 Å². The number of methoxy groups -OCH3 is 1. The number of aromatic nitrogens is 3. The number of fused-ring (bicyclic) bond motifs is 1. The van der Waals surface area contributed by atoms with Crippen LogP contribution >= 0.6 is 0 Å². The zero-order valence-electron chi connectivity index (χ0n) is 12.4. The van der Waals surface area contributed by atoms with Crippen LogP contribution in [0, 0.1) is 13.8 Å². The number of aryl methyl sites for hydroxylation is 2. The van der Waals surface area contributed by atoms with Gasteiger partial charge in [0.1, 0.15) is 11.6 Å². The summed E-state index contributed by atoms with van der Waals surface area (Å²) in [4.78, 5) is 4.48. The van der Waals surface area contributed by atoms with Crippen molar-refractivity contribution in [2.24, 2.45) is 0 Å². The molecule has 0 aliphatic heterocycles. The average molecular weight is 282 g/mol. The molecule has 0 atom stereocenters. The maximum Gasteiger partial charge on any atom is 0.157 e. The second-order valence-corrected chi connectivity index (χ2v) is 5.04. The number of rotatable bonds is 4. The Bertz CT molecular complexity index is 762. The minimum atomic E-state index is 0.724. The van der Waals surface area contributed by atoms with E-state index in [2.05, 4.69) is 15.4 Å². The molecule has 3 aromatic rings. The van der Waals surface area contributed by atoms with E-state index in [1.165, 1.54) is 5.56 Å². The lowest BCUT2D eigenvalue weighted by molar-refractivity contribution is 0.414. The van der Waals surface area contributed by atoms with Gasteiger partial charge in [0.2, 0.25) is 0 Å². The monoisotopic (exact) mass is 282 g/mol. The standard InChI is InChI=1S/C16H18N4O/c1-11-8-15(20-16(18-11)9-12(2)19-20)17-10-13-4-6-14(21-3)7-5-13/h4-9,17H,10H2,1-3H3. The van der Waals surface area contributed by atoms with Gasteiger partial charge in [-0.3, -0.25) is 0 Å². The van der Waals surface area contributed by atoms with Crippen LogP contribution in [0.15, 0.2) is 36.4 Å². The van der Waals surface area contributed by atoms with Gasteiger partial charge in [-0.2, -0.15) is 9.61 Å². The first-order valence-electron chi connectivity index (χ1n) is 6.86. The number of nitrogens with zero attached hydrogens (tertiary/aromatic N) is 3. The minimum absolute atomic E-state index is 0.724. The molecule has 5 nitrogen and oxygen atoms in total. The molecule has 0 spiro atoms. The molecule has 0 radical (unpaired) electrons. The van der Waals surface area contributed by atoms with E-state index in [-0.39, 0.29) is 0 Å². The van der Waals surface area contributed by atoms with Gasteiger partial charge in [-0.1, -0.05) is 12.1 Å². The molecule has 1 aromatic carbocycles. The number of hydrogen-bond acceptors (Lipinski definition) is 4. The predicted octanol–water partition coefficient (Wildman–Crippen LogP) is 2.97. The first kappa shape index (κ1) is 13.4. The van der Waals surface area contributed by atoms with Crippen molar-refractivity contribution in [1.29, 1.82) is 0 Å². The van der Waals surface area contributed by atoms with E-state index in [0.29, 0.717) is 0 Å². The van der Waals surface area contributed by atoms with E-state index in [9.17, 15) is 0 Å². The van der Waals surface area contributed by atoms with E-state index in [0.717, 1.165) is 35.1 Å². The predicted molar refractivity (Wildman–Crippen MR) is 82.8 cm³/mol. The highest BCUT2D eigenvalue weighted by molar-refractivity contribution is 5.50. The summed E-state index contributed by atoms with van der Waals surface area (Å²) in [6.07, 6.45) is 0. The Morgan fingerprint density at radius 3 is 2.57 bits per heavy atom. The number of benzene rings is 1. The number of ether oxygens (including phenoxy) is 1. The molecule has 0 amide bonds. The Labute approximate surface area is 123 Å². The summed E-state index contributed by atoms with van der Waals surface area (Å²) in [5.74, 6) is 1.81. The topological polar surface area (TPSA) is 51.5 Å². The van der Waals surface area contributed by atoms with Gasteiger partial charge in [0.25, 0.3) is 0 Å². The first-order valence-corrected chi connectivity index (χ1v) is 6.86. The van der Waals surface area contributed by atoms with E-state index in [1.54, 1.807) is 7.11 Å². The quantitative estimate of drug-likeness (QED) is 0.799. The van der Waals surface area contributed by atoms with Crippen LogP contribution in [0.2, 0.25) is 0 Å². The lowest BCUT2D eigenvalue weighted by Gasteiger charge is -2.09. The summed E-state index contributed by atoms with van der Waals surface area (Å²) in [6, 6.07) is 12.0.